The van der Waals surface area contributed by atoms with Gasteiger partial charge in [0.15, 0.2) is 0 Å². The number of urea groups is 1. The lowest BCUT2D eigenvalue weighted by molar-refractivity contribution is -0.0564. The number of ether oxygens (including phenoxy) is 2. The van der Waals surface area contributed by atoms with E-state index in [2.05, 4.69) is 10.6 Å². The minimum Gasteiger partial charge on any atom is -0.385 e. The summed E-state index contributed by atoms with van der Waals surface area (Å²) in [5.74, 6) is 0.555. The van der Waals surface area contributed by atoms with Crippen LogP contribution >= 0.6 is 11.6 Å². The summed E-state index contributed by atoms with van der Waals surface area (Å²) in [4.78, 5) is 15.3. The Morgan fingerprint density at radius 1 is 1.22 bits per heavy atom. The lowest BCUT2D eigenvalue weighted by Gasteiger charge is -2.43. The van der Waals surface area contributed by atoms with Crippen LogP contribution in [0.2, 0.25) is 5.02 Å². The number of amides is 2. The van der Waals surface area contributed by atoms with Crippen molar-refractivity contribution in [1.82, 2.24) is 15.5 Å². The van der Waals surface area contributed by atoms with Crippen LogP contribution in [0.5, 0.6) is 0 Å². The summed E-state index contributed by atoms with van der Waals surface area (Å²) < 4.78 is 10.7. The number of piperidine rings is 1. The minimum atomic E-state index is -1.04. The highest BCUT2D eigenvalue weighted by Gasteiger charge is 2.41. The van der Waals surface area contributed by atoms with E-state index in [0.29, 0.717) is 43.2 Å². The zero-order valence-electron chi connectivity index (χ0n) is 23.0. The molecule has 0 bridgehead atoms. The normalized spacial score (nSPS) is 24.9. The maximum absolute atomic E-state index is 13.4. The predicted molar refractivity (Wildman–Crippen MR) is 149 cm³/mol. The molecule has 1 saturated carbocycles. The fraction of sp³-hybridized carbons (Fsp3) is 0.759. The summed E-state index contributed by atoms with van der Waals surface area (Å²) in [5, 5.41) is 19.3. The van der Waals surface area contributed by atoms with Gasteiger partial charge in [-0.2, -0.15) is 0 Å². The molecular weight excluding hydrogens is 490 g/mol. The van der Waals surface area contributed by atoms with Crippen molar-refractivity contribution in [3.63, 3.8) is 0 Å². The number of aliphatic hydroxyl groups is 1. The Labute approximate surface area is 228 Å². The van der Waals surface area contributed by atoms with E-state index in [-0.39, 0.29) is 18.0 Å². The van der Waals surface area contributed by atoms with Gasteiger partial charge in [0, 0.05) is 57.4 Å². The van der Waals surface area contributed by atoms with E-state index in [1.807, 2.05) is 36.2 Å². The zero-order chi connectivity index (χ0) is 26.7. The Morgan fingerprint density at radius 2 is 2.00 bits per heavy atom. The fourth-order valence-corrected chi connectivity index (χ4v) is 6.44. The number of likely N-dealkylation sites (tertiary alicyclic amines) is 1. The first-order valence-corrected chi connectivity index (χ1v) is 14.5. The Balaban J connectivity index is 1.65. The van der Waals surface area contributed by atoms with Crippen molar-refractivity contribution in [2.24, 2.45) is 11.8 Å². The lowest BCUT2D eigenvalue weighted by atomic mass is 9.74. The highest BCUT2D eigenvalue weighted by molar-refractivity contribution is 6.30. The van der Waals surface area contributed by atoms with Crippen molar-refractivity contribution >= 4 is 17.6 Å². The summed E-state index contributed by atoms with van der Waals surface area (Å²) in [7, 11) is 5.44. The van der Waals surface area contributed by atoms with Crippen molar-refractivity contribution < 1.29 is 19.4 Å². The van der Waals surface area contributed by atoms with Crippen LogP contribution in [0.25, 0.3) is 0 Å². The van der Waals surface area contributed by atoms with Gasteiger partial charge >= 0.3 is 6.03 Å². The van der Waals surface area contributed by atoms with E-state index < -0.39 is 5.60 Å². The molecule has 1 unspecified atom stereocenters. The van der Waals surface area contributed by atoms with Crippen LogP contribution in [0.4, 0.5) is 4.79 Å². The Kier molecular flexibility index (Phi) is 12.5. The third kappa shape index (κ3) is 8.82. The number of methoxy groups -OCH3 is 2. The molecule has 0 radical (unpaired) electrons. The lowest BCUT2D eigenvalue weighted by Crippen LogP contribution is -2.54. The molecule has 210 valence electrons. The van der Waals surface area contributed by atoms with E-state index in [1.54, 1.807) is 14.2 Å². The highest BCUT2D eigenvalue weighted by atomic mass is 35.5. The molecule has 2 fully saturated rings. The number of nitrogens with zero attached hydrogens (tertiary/aromatic N) is 1. The van der Waals surface area contributed by atoms with Crippen molar-refractivity contribution in [1.29, 1.82) is 0 Å². The van der Waals surface area contributed by atoms with Crippen LogP contribution in [-0.4, -0.2) is 75.7 Å². The van der Waals surface area contributed by atoms with E-state index in [0.717, 1.165) is 69.9 Å². The Hall–Kier alpha value is -1.38. The SMILES string of the molecule is CNC[C@H](CC1CCC(OC)CC1)NC(=O)N1CCCC([C@@](O)(CCCCOC)c2cccc(Cl)c2)C1. The summed E-state index contributed by atoms with van der Waals surface area (Å²) in [5.41, 5.74) is -0.202. The number of hydrogen-bond acceptors (Lipinski definition) is 5. The van der Waals surface area contributed by atoms with E-state index >= 15 is 0 Å². The summed E-state index contributed by atoms with van der Waals surface area (Å²) >= 11 is 6.32. The quantitative estimate of drug-likeness (QED) is 0.310. The number of carbonyl (C=O) groups excluding carboxylic acids is 1. The maximum atomic E-state index is 13.4. The van der Waals surface area contributed by atoms with Gasteiger partial charge < -0.3 is 30.1 Å². The van der Waals surface area contributed by atoms with E-state index in [1.165, 1.54) is 0 Å². The molecule has 3 rings (SSSR count). The van der Waals surface area contributed by atoms with E-state index in [9.17, 15) is 9.90 Å². The molecule has 1 aromatic carbocycles. The molecule has 37 heavy (non-hydrogen) atoms. The maximum Gasteiger partial charge on any atom is 0.317 e. The average Bonchev–Trinajstić information content (AvgIpc) is 2.91. The highest BCUT2D eigenvalue weighted by Crippen LogP contribution is 2.40. The summed E-state index contributed by atoms with van der Waals surface area (Å²) in [6.45, 7) is 2.66. The van der Waals surface area contributed by atoms with Crippen LogP contribution < -0.4 is 10.6 Å². The molecule has 2 amide bonds. The second kappa shape index (κ2) is 15.3. The molecule has 3 N–H and O–H groups in total. The number of unbranched alkanes of at least 4 members (excludes halogenated alkanes) is 1. The molecule has 1 aliphatic carbocycles. The number of likely N-dealkylation sites (N-methyl/N-ethyl adjacent to an activating group) is 1. The molecule has 7 nitrogen and oxygen atoms in total. The van der Waals surface area contributed by atoms with Crippen molar-refractivity contribution in [3.05, 3.63) is 34.9 Å². The van der Waals surface area contributed by atoms with Gasteiger partial charge in [-0.05, 0) is 94.9 Å². The molecule has 8 heteroatoms. The largest absolute Gasteiger partial charge is 0.385 e. The molecule has 1 aromatic rings. The molecule has 1 heterocycles. The second-order valence-electron chi connectivity index (χ2n) is 11.0. The van der Waals surface area contributed by atoms with Gasteiger partial charge in [-0.1, -0.05) is 23.7 Å². The summed E-state index contributed by atoms with van der Waals surface area (Å²) in [6.07, 6.45) is 9.94. The molecule has 0 spiro atoms. The van der Waals surface area contributed by atoms with Gasteiger partial charge in [0.05, 0.1) is 11.7 Å². The Morgan fingerprint density at radius 3 is 2.68 bits per heavy atom. The number of nitrogens with one attached hydrogen (secondary N) is 2. The van der Waals surface area contributed by atoms with E-state index in [4.69, 9.17) is 21.1 Å². The van der Waals surface area contributed by atoms with Gasteiger partial charge in [-0.3, -0.25) is 0 Å². The fourth-order valence-electron chi connectivity index (χ4n) is 6.25. The van der Waals surface area contributed by atoms with Crippen molar-refractivity contribution in [3.8, 4) is 0 Å². The predicted octanol–water partition coefficient (Wildman–Crippen LogP) is 4.95. The number of rotatable bonds is 13. The van der Waals surface area contributed by atoms with Crippen LogP contribution in [0.3, 0.4) is 0 Å². The van der Waals surface area contributed by atoms with Gasteiger partial charge in [0.1, 0.15) is 0 Å². The molecule has 0 aromatic heterocycles. The first-order chi connectivity index (χ1) is 17.9. The van der Waals surface area contributed by atoms with Gasteiger partial charge in [0.25, 0.3) is 0 Å². The zero-order valence-corrected chi connectivity index (χ0v) is 23.8. The number of carbonyl (C=O) groups is 1. The first kappa shape index (κ1) is 30.2. The number of halogens is 1. The summed E-state index contributed by atoms with van der Waals surface area (Å²) in [6, 6.07) is 7.63. The third-order valence-electron chi connectivity index (χ3n) is 8.39. The standard InChI is InChI=1S/C29H48ClN3O4/c1-31-20-26(18-22-11-13-27(37-3)14-12-22)32-28(34)33-16-7-9-24(21-33)29(35,15-4-5-17-36-2)23-8-6-10-25(30)19-23/h6,8,10,19,22,24,26-27,31,35H,4-5,7,9,11-18,20-21H2,1-3H3,(H,32,34)/t22?,24?,26-,27?,29+/m0/s1. The molecule has 1 aliphatic heterocycles. The van der Waals surface area contributed by atoms with Gasteiger partial charge in [0.2, 0.25) is 0 Å². The van der Waals surface area contributed by atoms with Gasteiger partial charge in [-0.25, -0.2) is 4.79 Å². The first-order valence-electron chi connectivity index (χ1n) is 14.1. The number of hydrogen-bond donors (Lipinski definition) is 3. The second-order valence-corrected chi connectivity index (χ2v) is 11.4. The third-order valence-corrected chi connectivity index (χ3v) is 8.62. The van der Waals surface area contributed by atoms with Crippen LogP contribution in [-0.2, 0) is 15.1 Å². The van der Waals surface area contributed by atoms with Crippen LogP contribution in [0.15, 0.2) is 24.3 Å². The monoisotopic (exact) mass is 537 g/mol. The molecule has 3 atom stereocenters. The smallest absolute Gasteiger partial charge is 0.317 e. The number of benzene rings is 1. The minimum absolute atomic E-state index is 0.0247. The average molecular weight is 538 g/mol. The van der Waals surface area contributed by atoms with Crippen LogP contribution in [0, 0.1) is 11.8 Å². The topological polar surface area (TPSA) is 83.1 Å². The van der Waals surface area contributed by atoms with Crippen molar-refractivity contribution in [2.45, 2.75) is 82.0 Å². The van der Waals surface area contributed by atoms with Crippen molar-refractivity contribution in [2.75, 3.05) is 47.5 Å². The molecule has 1 saturated heterocycles. The van der Waals surface area contributed by atoms with Gasteiger partial charge in [-0.15, -0.1) is 0 Å². The molecule has 2 aliphatic rings. The Bertz CT molecular complexity index is 820. The van der Waals surface area contributed by atoms with Crippen LogP contribution in [0.1, 0.15) is 69.8 Å². The molecular formula is C29H48ClN3O4.